The Morgan fingerprint density at radius 3 is 2.48 bits per heavy atom. The molecule has 0 saturated carbocycles. The van der Waals surface area contributed by atoms with Gasteiger partial charge in [0.1, 0.15) is 6.26 Å². The highest BCUT2D eigenvalue weighted by Gasteiger charge is 2.29. The summed E-state index contributed by atoms with van der Waals surface area (Å²) in [6, 6.07) is 13.0. The Labute approximate surface area is 143 Å². The van der Waals surface area contributed by atoms with E-state index in [0.717, 1.165) is 34.5 Å². The number of nitrogens with zero attached hydrogens (tertiary/aromatic N) is 1. The van der Waals surface area contributed by atoms with Gasteiger partial charge in [0.2, 0.25) is 5.89 Å². The van der Waals surface area contributed by atoms with Gasteiger partial charge in [0.25, 0.3) is 0 Å². The largest absolute Gasteiger partial charge is 0.444 e. The van der Waals surface area contributed by atoms with E-state index in [1.165, 1.54) is 12.1 Å². The summed E-state index contributed by atoms with van der Waals surface area (Å²) in [5.74, 6) is 0.551. The maximum Gasteiger partial charge on any atom is 0.416 e. The lowest BCUT2D eigenvalue weighted by Crippen LogP contribution is -2.13. The summed E-state index contributed by atoms with van der Waals surface area (Å²) in [5, 5.41) is 3.15. The van der Waals surface area contributed by atoms with Gasteiger partial charge in [-0.1, -0.05) is 29.8 Å². The van der Waals surface area contributed by atoms with Crippen LogP contribution in [0.1, 0.15) is 22.4 Å². The number of hydrogen-bond donors (Lipinski definition) is 1. The molecule has 1 aromatic heterocycles. The number of nitrogens with one attached hydrogen (secondary N) is 1. The summed E-state index contributed by atoms with van der Waals surface area (Å²) in [7, 11) is 0. The van der Waals surface area contributed by atoms with Gasteiger partial charge in [0.15, 0.2) is 0 Å². The van der Waals surface area contributed by atoms with Crippen LogP contribution in [0.5, 0.6) is 0 Å². The van der Waals surface area contributed by atoms with Gasteiger partial charge >= 0.3 is 6.18 Å². The number of halogens is 3. The average molecular weight is 346 g/mol. The Bertz CT molecular complexity index is 838. The Balaban J connectivity index is 1.56. The molecule has 0 saturated heterocycles. The summed E-state index contributed by atoms with van der Waals surface area (Å²) in [6.45, 7) is 2.92. The van der Waals surface area contributed by atoms with Gasteiger partial charge < -0.3 is 9.73 Å². The van der Waals surface area contributed by atoms with Crippen LogP contribution >= 0.6 is 0 Å². The second-order valence-electron chi connectivity index (χ2n) is 5.81. The molecule has 25 heavy (non-hydrogen) atoms. The zero-order valence-corrected chi connectivity index (χ0v) is 13.6. The van der Waals surface area contributed by atoms with Crippen molar-refractivity contribution >= 4 is 0 Å². The topological polar surface area (TPSA) is 38.1 Å². The summed E-state index contributed by atoms with van der Waals surface area (Å²) < 4.78 is 43.1. The molecule has 1 N–H and O–H groups in total. The first-order chi connectivity index (χ1) is 11.9. The molecule has 0 aliphatic carbocycles. The summed E-state index contributed by atoms with van der Waals surface area (Å²) >= 11 is 0. The zero-order chi connectivity index (χ0) is 17.9. The minimum atomic E-state index is -4.31. The highest BCUT2D eigenvalue weighted by molar-refractivity contribution is 5.54. The summed E-state index contributed by atoms with van der Waals surface area (Å²) in [6.07, 6.45) is -2.73. The van der Waals surface area contributed by atoms with E-state index in [-0.39, 0.29) is 0 Å². The first kappa shape index (κ1) is 17.2. The van der Waals surface area contributed by atoms with Gasteiger partial charge in [-0.25, -0.2) is 4.98 Å². The van der Waals surface area contributed by atoms with Crippen molar-refractivity contribution in [3.63, 3.8) is 0 Å². The molecule has 0 fully saturated rings. The molecule has 3 nitrogen and oxygen atoms in total. The number of hydrogen-bond acceptors (Lipinski definition) is 3. The van der Waals surface area contributed by atoms with E-state index in [4.69, 9.17) is 4.42 Å². The molecule has 3 aromatic rings. The molecule has 6 heteroatoms. The van der Waals surface area contributed by atoms with E-state index in [1.54, 1.807) is 6.26 Å². The van der Waals surface area contributed by atoms with Gasteiger partial charge in [-0.15, -0.1) is 0 Å². The number of benzene rings is 2. The number of rotatable bonds is 5. The van der Waals surface area contributed by atoms with Crippen molar-refractivity contribution in [2.45, 2.75) is 26.2 Å². The van der Waals surface area contributed by atoms with Crippen molar-refractivity contribution in [1.29, 1.82) is 0 Å². The van der Waals surface area contributed by atoms with Crippen LogP contribution in [0.25, 0.3) is 11.5 Å². The van der Waals surface area contributed by atoms with Crippen molar-refractivity contribution < 1.29 is 17.6 Å². The monoisotopic (exact) mass is 346 g/mol. The fourth-order valence-corrected chi connectivity index (χ4v) is 2.45. The normalized spacial score (nSPS) is 11.7. The summed E-state index contributed by atoms with van der Waals surface area (Å²) in [4.78, 5) is 4.42. The minimum absolute atomic E-state index is 0.449. The zero-order valence-electron chi connectivity index (χ0n) is 13.6. The molecule has 3 rings (SSSR count). The van der Waals surface area contributed by atoms with Crippen LogP contribution < -0.4 is 5.32 Å². The van der Waals surface area contributed by atoms with E-state index >= 15 is 0 Å². The third-order valence-electron chi connectivity index (χ3n) is 3.73. The molecule has 0 spiro atoms. The van der Waals surface area contributed by atoms with Crippen LogP contribution in [0.3, 0.4) is 0 Å². The Morgan fingerprint density at radius 1 is 1.04 bits per heavy atom. The maximum absolute atomic E-state index is 12.5. The predicted molar refractivity (Wildman–Crippen MR) is 88.7 cm³/mol. The van der Waals surface area contributed by atoms with Crippen LogP contribution in [-0.4, -0.2) is 4.98 Å². The van der Waals surface area contributed by atoms with E-state index < -0.39 is 11.7 Å². The number of oxazole rings is 1. The molecule has 0 amide bonds. The van der Waals surface area contributed by atoms with Gasteiger partial charge in [-0.2, -0.15) is 13.2 Å². The number of aromatic nitrogens is 1. The molecule has 0 radical (unpaired) electrons. The predicted octanol–water partition coefficient (Wildman–Crippen LogP) is 4.96. The average Bonchev–Trinajstić information content (AvgIpc) is 3.03. The lowest BCUT2D eigenvalue weighted by molar-refractivity contribution is -0.137. The van der Waals surface area contributed by atoms with Crippen molar-refractivity contribution in [3.05, 3.63) is 77.2 Å². The van der Waals surface area contributed by atoms with Crippen molar-refractivity contribution in [1.82, 2.24) is 10.3 Å². The molecule has 0 unspecified atom stereocenters. The van der Waals surface area contributed by atoms with Crippen molar-refractivity contribution in [2.24, 2.45) is 0 Å². The molecule has 0 aliphatic rings. The lowest BCUT2D eigenvalue weighted by atomic mass is 10.1. The van der Waals surface area contributed by atoms with Gasteiger partial charge in [-0.05, 0) is 36.8 Å². The van der Waals surface area contributed by atoms with Crippen LogP contribution in [0.4, 0.5) is 13.2 Å². The Morgan fingerprint density at radius 2 is 1.80 bits per heavy atom. The van der Waals surface area contributed by atoms with Gasteiger partial charge in [0.05, 0.1) is 11.3 Å². The van der Waals surface area contributed by atoms with Crippen molar-refractivity contribution in [3.8, 4) is 11.5 Å². The Hall–Kier alpha value is -2.60. The number of aryl methyl sites for hydroxylation is 1. The maximum atomic E-state index is 12.5. The molecule has 130 valence electrons. The highest BCUT2D eigenvalue weighted by Crippen LogP contribution is 2.29. The fourth-order valence-electron chi connectivity index (χ4n) is 2.45. The van der Waals surface area contributed by atoms with Gasteiger partial charge in [-0.3, -0.25) is 0 Å². The molecule has 2 aromatic carbocycles. The second-order valence-corrected chi connectivity index (χ2v) is 5.81. The summed E-state index contributed by atoms with van der Waals surface area (Å²) in [5.41, 5.74) is 2.90. The molecular formula is C19H17F3N2O. The standard InChI is InChI=1S/C19H17F3N2O/c1-13-3-2-4-15(9-13)18-24-17(12-25-18)11-23-10-14-5-7-16(8-6-14)19(20,21)22/h2-9,12,23H,10-11H2,1H3. The molecule has 0 aliphatic heterocycles. The lowest BCUT2D eigenvalue weighted by Gasteiger charge is -2.08. The number of alkyl halides is 3. The molecular weight excluding hydrogens is 329 g/mol. The molecule has 1 heterocycles. The van der Waals surface area contributed by atoms with Gasteiger partial charge in [0, 0.05) is 18.7 Å². The first-order valence-corrected chi connectivity index (χ1v) is 7.80. The molecule has 0 bridgehead atoms. The molecule has 0 atom stereocenters. The van der Waals surface area contributed by atoms with Crippen LogP contribution in [0.15, 0.2) is 59.2 Å². The third kappa shape index (κ3) is 4.48. The van der Waals surface area contributed by atoms with E-state index in [9.17, 15) is 13.2 Å². The SMILES string of the molecule is Cc1cccc(-c2nc(CNCc3ccc(C(F)(F)F)cc3)co2)c1. The highest BCUT2D eigenvalue weighted by atomic mass is 19.4. The smallest absolute Gasteiger partial charge is 0.416 e. The minimum Gasteiger partial charge on any atom is -0.444 e. The first-order valence-electron chi connectivity index (χ1n) is 7.80. The van der Waals surface area contributed by atoms with Crippen molar-refractivity contribution in [2.75, 3.05) is 0 Å². The van der Waals surface area contributed by atoms with E-state index in [2.05, 4.69) is 10.3 Å². The Kier molecular flexibility index (Phi) is 4.90. The van der Waals surface area contributed by atoms with E-state index in [1.807, 2.05) is 31.2 Å². The third-order valence-corrected chi connectivity index (χ3v) is 3.73. The van der Waals surface area contributed by atoms with Crippen LogP contribution in [-0.2, 0) is 19.3 Å². The fraction of sp³-hybridized carbons (Fsp3) is 0.211. The second kappa shape index (κ2) is 7.11. The van der Waals surface area contributed by atoms with Crippen LogP contribution in [0.2, 0.25) is 0 Å². The van der Waals surface area contributed by atoms with E-state index in [0.29, 0.717) is 19.0 Å². The van der Waals surface area contributed by atoms with Crippen LogP contribution in [0, 0.1) is 6.92 Å². The quantitative estimate of drug-likeness (QED) is 0.710.